The summed E-state index contributed by atoms with van der Waals surface area (Å²) in [6, 6.07) is 4.04. The van der Waals surface area contributed by atoms with E-state index < -0.39 is 30.3 Å². The van der Waals surface area contributed by atoms with Crippen LogP contribution in [0.2, 0.25) is 0 Å². The molecule has 0 atom stereocenters. The molecule has 12 heteroatoms. The maximum Gasteiger partial charge on any atom is 0.522 e. The molecule has 0 saturated heterocycles. The molecule has 0 spiro atoms. The molecule has 1 amide bonds. The summed E-state index contributed by atoms with van der Waals surface area (Å²) in [6.45, 7) is -0.278. The second-order valence-electron chi connectivity index (χ2n) is 9.08. The van der Waals surface area contributed by atoms with Crippen molar-refractivity contribution in [1.29, 1.82) is 0 Å². The zero-order valence-corrected chi connectivity index (χ0v) is 17.3. The number of rotatable bonds is 9. The lowest BCUT2D eigenvalue weighted by molar-refractivity contribution is -0.357. The van der Waals surface area contributed by atoms with Crippen LogP contribution < -0.4 is 10.6 Å². The number of benzene rings is 1. The monoisotopic (exact) mass is 480 g/mol. The topological polar surface area (TPSA) is 76.7 Å². The zero-order valence-electron chi connectivity index (χ0n) is 17.3. The Morgan fingerprint density at radius 3 is 2.09 bits per heavy atom. The molecule has 4 aliphatic carbocycles. The first-order valence-corrected chi connectivity index (χ1v) is 10.4. The lowest BCUT2D eigenvalue weighted by Crippen LogP contribution is -2.83. The van der Waals surface area contributed by atoms with E-state index in [1.54, 1.807) is 0 Å². The van der Waals surface area contributed by atoms with Crippen molar-refractivity contribution in [3.8, 4) is 0 Å². The second kappa shape index (κ2) is 8.24. The van der Waals surface area contributed by atoms with Crippen LogP contribution in [-0.2, 0) is 20.4 Å². The lowest BCUT2D eigenvalue weighted by Gasteiger charge is -2.70. The van der Waals surface area contributed by atoms with Crippen molar-refractivity contribution in [2.75, 3.05) is 13.2 Å². The van der Waals surface area contributed by atoms with Crippen LogP contribution in [0.3, 0.4) is 0 Å². The van der Waals surface area contributed by atoms with Crippen molar-refractivity contribution in [2.45, 2.75) is 67.9 Å². The van der Waals surface area contributed by atoms with E-state index in [0.717, 1.165) is 24.3 Å². The predicted octanol–water partition coefficient (Wildman–Crippen LogP) is 3.35. The summed E-state index contributed by atoms with van der Waals surface area (Å²) in [6.07, 6.45) is -8.53. The van der Waals surface area contributed by atoms with Gasteiger partial charge in [-0.25, -0.2) is 0 Å². The molecule has 0 heterocycles. The number of amides is 1. The fourth-order valence-electron chi connectivity index (χ4n) is 4.79. The van der Waals surface area contributed by atoms with Crippen LogP contribution in [-0.4, -0.2) is 54.5 Å². The minimum absolute atomic E-state index is 0.0264. The molecule has 0 aliphatic heterocycles. The molecule has 5 rings (SSSR count). The van der Waals surface area contributed by atoms with Crippen LogP contribution in [0, 0.1) is 0 Å². The summed E-state index contributed by atoms with van der Waals surface area (Å²) in [5, 5.41) is 6.00. The third-order valence-electron chi connectivity index (χ3n) is 6.40. The Labute approximate surface area is 185 Å². The fourth-order valence-corrected chi connectivity index (χ4v) is 4.79. The number of carbonyl (C=O) groups excluding carboxylic acids is 2. The maximum absolute atomic E-state index is 12.6. The molecule has 4 saturated carbocycles. The van der Waals surface area contributed by atoms with E-state index in [4.69, 9.17) is 4.74 Å². The zero-order chi connectivity index (χ0) is 24.1. The van der Waals surface area contributed by atoms with Crippen LogP contribution in [0.4, 0.5) is 26.3 Å². The van der Waals surface area contributed by atoms with Gasteiger partial charge >= 0.3 is 12.5 Å². The standard InChI is InChI=1S/C21H22F6N2O4/c22-20(23,24)13-3-1-12(2-4-13)16(30)7-28-18-9-19(10-18,11-18)29-17(31)8-32-14-5-15(6-14)33-21(25,26)27/h1-4,14-15,28H,5-11H2,(H,29,31). The highest BCUT2D eigenvalue weighted by atomic mass is 19.4. The number of nitrogens with one attached hydrogen (secondary N) is 2. The molecule has 182 valence electrons. The molecule has 2 bridgehead atoms. The minimum Gasteiger partial charge on any atom is -0.368 e. The predicted molar refractivity (Wildman–Crippen MR) is 101 cm³/mol. The molecule has 33 heavy (non-hydrogen) atoms. The maximum atomic E-state index is 12.6. The molecule has 0 unspecified atom stereocenters. The van der Waals surface area contributed by atoms with Gasteiger partial charge in [-0.3, -0.25) is 14.3 Å². The molecular weight excluding hydrogens is 458 g/mol. The van der Waals surface area contributed by atoms with Crippen LogP contribution in [0.1, 0.15) is 48.0 Å². The van der Waals surface area contributed by atoms with E-state index >= 15 is 0 Å². The highest BCUT2D eigenvalue weighted by molar-refractivity contribution is 5.97. The first kappa shape index (κ1) is 24.0. The third kappa shape index (κ3) is 5.49. The van der Waals surface area contributed by atoms with Gasteiger partial charge in [0, 0.05) is 29.5 Å². The Balaban J connectivity index is 1.12. The summed E-state index contributed by atoms with van der Waals surface area (Å²) >= 11 is 0. The first-order chi connectivity index (χ1) is 15.3. The van der Waals surface area contributed by atoms with Crippen molar-refractivity contribution in [3.05, 3.63) is 35.4 Å². The molecule has 4 fully saturated rings. The van der Waals surface area contributed by atoms with Gasteiger partial charge in [-0.15, -0.1) is 13.2 Å². The number of Topliss-reactive ketones (excluding diaryl/α,β-unsaturated/α-hetero) is 1. The van der Waals surface area contributed by atoms with Gasteiger partial charge in [-0.05, 0) is 31.4 Å². The molecule has 4 aliphatic rings. The van der Waals surface area contributed by atoms with E-state index in [9.17, 15) is 35.9 Å². The van der Waals surface area contributed by atoms with Gasteiger partial charge in [0.1, 0.15) is 6.61 Å². The largest absolute Gasteiger partial charge is 0.522 e. The van der Waals surface area contributed by atoms with Gasteiger partial charge in [0.05, 0.1) is 24.3 Å². The van der Waals surface area contributed by atoms with Crippen molar-refractivity contribution >= 4 is 11.7 Å². The first-order valence-electron chi connectivity index (χ1n) is 10.4. The van der Waals surface area contributed by atoms with E-state index in [0.29, 0.717) is 19.3 Å². The lowest BCUT2D eigenvalue weighted by atomic mass is 9.44. The number of halogens is 6. The molecule has 2 N–H and O–H groups in total. The number of carbonyl (C=O) groups is 2. The Morgan fingerprint density at radius 2 is 1.55 bits per heavy atom. The smallest absolute Gasteiger partial charge is 0.368 e. The van der Waals surface area contributed by atoms with E-state index in [1.807, 2.05) is 0 Å². The number of alkyl halides is 6. The van der Waals surface area contributed by atoms with E-state index in [1.165, 1.54) is 0 Å². The Kier molecular flexibility index (Phi) is 5.98. The SMILES string of the molecule is O=C(COC1CC(OC(F)(F)F)C1)NC12CC(NCC(=O)c3ccc(C(F)(F)F)cc3)(C1)C2. The highest BCUT2D eigenvalue weighted by Gasteiger charge is 2.68. The van der Waals surface area contributed by atoms with Crippen molar-refractivity contribution in [3.63, 3.8) is 0 Å². The molecule has 0 radical (unpaired) electrons. The summed E-state index contributed by atoms with van der Waals surface area (Å²) in [4.78, 5) is 24.3. The van der Waals surface area contributed by atoms with Crippen LogP contribution in [0.5, 0.6) is 0 Å². The quantitative estimate of drug-likeness (QED) is 0.419. The Morgan fingerprint density at radius 1 is 0.939 bits per heavy atom. The number of ketones is 1. The average Bonchev–Trinajstić information content (AvgIpc) is 2.62. The van der Waals surface area contributed by atoms with Gasteiger partial charge in [0.15, 0.2) is 5.78 Å². The van der Waals surface area contributed by atoms with Gasteiger partial charge in [0.2, 0.25) is 5.91 Å². The minimum atomic E-state index is -4.68. The van der Waals surface area contributed by atoms with Gasteiger partial charge in [0.25, 0.3) is 0 Å². The number of hydrogen-bond donors (Lipinski definition) is 2. The van der Waals surface area contributed by atoms with Crippen molar-refractivity contribution in [1.82, 2.24) is 10.6 Å². The summed E-state index contributed by atoms with van der Waals surface area (Å²) in [7, 11) is 0. The summed E-state index contributed by atoms with van der Waals surface area (Å²) in [5.74, 6) is -0.683. The summed E-state index contributed by atoms with van der Waals surface area (Å²) in [5.41, 5.74) is -1.31. The fraction of sp³-hybridized carbons (Fsp3) is 0.619. The van der Waals surface area contributed by atoms with Gasteiger partial charge in [-0.1, -0.05) is 12.1 Å². The molecular formula is C21H22F6N2O4. The van der Waals surface area contributed by atoms with E-state index in [-0.39, 0.29) is 54.3 Å². The number of ether oxygens (including phenoxy) is 2. The summed E-state index contributed by atoms with van der Waals surface area (Å²) < 4.78 is 83.3. The highest BCUT2D eigenvalue weighted by Crippen LogP contribution is 2.60. The van der Waals surface area contributed by atoms with Crippen LogP contribution in [0.25, 0.3) is 0 Å². The second-order valence-corrected chi connectivity index (χ2v) is 9.08. The normalized spacial score (nSPS) is 30.6. The Bertz CT molecular complexity index is 889. The van der Waals surface area contributed by atoms with Crippen molar-refractivity contribution < 1.29 is 45.4 Å². The van der Waals surface area contributed by atoms with Gasteiger partial charge < -0.3 is 15.4 Å². The molecule has 1 aromatic rings. The van der Waals surface area contributed by atoms with Crippen molar-refractivity contribution in [2.24, 2.45) is 0 Å². The Hall–Kier alpha value is -2.18. The molecule has 6 nitrogen and oxygen atoms in total. The molecule has 0 aromatic heterocycles. The van der Waals surface area contributed by atoms with Crippen LogP contribution >= 0.6 is 0 Å². The average molecular weight is 480 g/mol. The van der Waals surface area contributed by atoms with Crippen LogP contribution in [0.15, 0.2) is 24.3 Å². The van der Waals surface area contributed by atoms with E-state index in [2.05, 4.69) is 15.4 Å². The van der Waals surface area contributed by atoms with Gasteiger partial charge in [-0.2, -0.15) is 13.2 Å². The third-order valence-corrected chi connectivity index (χ3v) is 6.40. The number of hydrogen-bond acceptors (Lipinski definition) is 5. The molecule has 1 aromatic carbocycles.